The summed E-state index contributed by atoms with van der Waals surface area (Å²) in [6, 6.07) is 5.40. The zero-order valence-electron chi connectivity index (χ0n) is 10.2. The largest absolute Gasteiger partial charge is 0.394 e. The molecule has 0 saturated carbocycles. The second-order valence-corrected chi connectivity index (χ2v) is 4.70. The highest BCUT2D eigenvalue weighted by Crippen LogP contribution is 2.33. The molecule has 0 atom stereocenters. The minimum absolute atomic E-state index is 0.470. The van der Waals surface area contributed by atoms with E-state index >= 15 is 0 Å². The fourth-order valence-electron chi connectivity index (χ4n) is 1.73. The van der Waals surface area contributed by atoms with Crippen molar-refractivity contribution >= 4 is 40.4 Å². The first-order valence-electron chi connectivity index (χ1n) is 5.57. The molecule has 96 valence electrons. The number of hydrogen-bond acceptors (Lipinski definition) is 3. The van der Waals surface area contributed by atoms with Crippen molar-refractivity contribution in [3.8, 4) is 0 Å². The van der Waals surface area contributed by atoms with E-state index in [1.165, 1.54) is 0 Å². The van der Waals surface area contributed by atoms with Crippen LogP contribution in [0.5, 0.6) is 0 Å². The maximum absolute atomic E-state index is 6.12. The number of nitrogen functional groups attached to an aromatic ring is 1. The van der Waals surface area contributed by atoms with Gasteiger partial charge < -0.3 is 11.1 Å². The molecule has 0 radical (unpaired) electrons. The van der Waals surface area contributed by atoms with Crippen molar-refractivity contribution in [3.63, 3.8) is 0 Å². The SMILES string of the molecule is CCc1nn(C)c(Nc2cccc(Cl)c2Cl)c1N. The summed E-state index contributed by atoms with van der Waals surface area (Å²) in [6.07, 6.45) is 0.782. The van der Waals surface area contributed by atoms with Gasteiger partial charge in [0.15, 0.2) is 5.82 Å². The maximum atomic E-state index is 6.12. The molecule has 2 rings (SSSR count). The summed E-state index contributed by atoms with van der Waals surface area (Å²) in [4.78, 5) is 0. The fourth-order valence-corrected chi connectivity index (χ4v) is 2.08. The lowest BCUT2D eigenvalue weighted by Crippen LogP contribution is -2.01. The van der Waals surface area contributed by atoms with Crippen molar-refractivity contribution in [1.29, 1.82) is 0 Å². The van der Waals surface area contributed by atoms with Gasteiger partial charge in [0.25, 0.3) is 0 Å². The minimum atomic E-state index is 0.470. The summed E-state index contributed by atoms with van der Waals surface area (Å²) >= 11 is 12.1. The van der Waals surface area contributed by atoms with Crippen LogP contribution in [0.4, 0.5) is 17.2 Å². The van der Waals surface area contributed by atoms with Gasteiger partial charge in [-0.3, -0.25) is 4.68 Å². The Labute approximate surface area is 116 Å². The molecule has 1 aromatic carbocycles. The Kier molecular flexibility index (Phi) is 3.68. The number of nitrogens with zero attached hydrogens (tertiary/aromatic N) is 2. The molecule has 1 heterocycles. The smallest absolute Gasteiger partial charge is 0.152 e. The van der Waals surface area contributed by atoms with E-state index in [0.717, 1.165) is 17.9 Å². The standard InChI is InChI=1S/C12H14Cl2N4/c1-3-8-11(15)12(18(2)17-8)16-9-6-4-5-7(13)10(9)14/h4-6,16H,3,15H2,1-2H3. The monoisotopic (exact) mass is 284 g/mol. The second-order valence-electron chi connectivity index (χ2n) is 3.91. The number of anilines is 3. The molecule has 1 aromatic heterocycles. The Balaban J connectivity index is 2.40. The number of benzene rings is 1. The van der Waals surface area contributed by atoms with E-state index in [4.69, 9.17) is 28.9 Å². The lowest BCUT2D eigenvalue weighted by Gasteiger charge is -2.10. The summed E-state index contributed by atoms with van der Waals surface area (Å²) in [6.45, 7) is 2.01. The fraction of sp³-hybridized carbons (Fsp3) is 0.250. The highest BCUT2D eigenvalue weighted by atomic mass is 35.5. The first kappa shape index (κ1) is 13.1. The maximum Gasteiger partial charge on any atom is 0.152 e. The Hall–Kier alpha value is -1.39. The number of aromatic nitrogens is 2. The van der Waals surface area contributed by atoms with Crippen LogP contribution in [0.1, 0.15) is 12.6 Å². The van der Waals surface area contributed by atoms with Crippen LogP contribution in [-0.4, -0.2) is 9.78 Å². The zero-order valence-corrected chi connectivity index (χ0v) is 11.7. The van der Waals surface area contributed by atoms with E-state index in [2.05, 4.69) is 10.4 Å². The molecule has 0 aliphatic rings. The average molecular weight is 285 g/mol. The number of halogens is 2. The Morgan fingerprint density at radius 1 is 1.39 bits per heavy atom. The van der Waals surface area contributed by atoms with Crippen molar-refractivity contribution in [2.24, 2.45) is 7.05 Å². The zero-order chi connectivity index (χ0) is 13.3. The summed E-state index contributed by atoms with van der Waals surface area (Å²) in [5.74, 6) is 0.719. The van der Waals surface area contributed by atoms with Crippen molar-refractivity contribution in [3.05, 3.63) is 33.9 Å². The number of aryl methyl sites for hydroxylation is 2. The lowest BCUT2D eigenvalue weighted by atomic mass is 10.2. The van der Waals surface area contributed by atoms with Crippen LogP contribution in [-0.2, 0) is 13.5 Å². The highest BCUT2D eigenvalue weighted by Gasteiger charge is 2.13. The average Bonchev–Trinajstić information content (AvgIpc) is 2.62. The summed E-state index contributed by atoms with van der Waals surface area (Å²) in [5.41, 5.74) is 8.23. The molecule has 0 saturated heterocycles. The first-order chi connectivity index (χ1) is 8.54. The van der Waals surface area contributed by atoms with E-state index in [0.29, 0.717) is 21.4 Å². The van der Waals surface area contributed by atoms with Crippen molar-refractivity contribution in [1.82, 2.24) is 9.78 Å². The van der Waals surface area contributed by atoms with Gasteiger partial charge in [-0.05, 0) is 18.6 Å². The summed E-state index contributed by atoms with van der Waals surface area (Å²) in [7, 11) is 1.83. The molecule has 2 aromatic rings. The summed E-state index contributed by atoms with van der Waals surface area (Å²) < 4.78 is 1.70. The van der Waals surface area contributed by atoms with Crippen molar-refractivity contribution in [2.45, 2.75) is 13.3 Å². The first-order valence-corrected chi connectivity index (χ1v) is 6.32. The van der Waals surface area contributed by atoms with Gasteiger partial charge in [-0.25, -0.2) is 0 Å². The van der Waals surface area contributed by atoms with Crippen LogP contribution in [0.25, 0.3) is 0 Å². The molecular formula is C12H14Cl2N4. The number of rotatable bonds is 3. The molecule has 18 heavy (non-hydrogen) atoms. The van der Waals surface area contributed by atoms with Gasteiger partial charge in [-0.15, -0.1) is 0 Å². The highest BCUT2D eigenvalue weighted by molar-refractivity contribution is 6.43. The molecule has 0 aliphatic carbocycles. The molecule has 0 fully saturated rings. The van der Waals surface area contributed by atoms with E-state index in [-0.39, 0.29) is 0 Å². The third-order valence-electron chi connectivity index (χ3n) is 2.70. The Morgan fingerprint density at radius 2 is 2.11 bits per heavy atom. The van der Waals surface area contributed by atoms with E-state index in [9.17, 15) is 0 Å². The molecule has 0 aliphatic heterocycles. The van der Waals surface area contributed by atoms with Crippen LogP contribution in [0, 0.1) is 0 Å². The van der Waals surface area contributed by atoms with Gasteiger partial charge in [-0.2, -0.15) is 5.10 Å². The Morgan fingerprint density at radius 3 is 2.72 bits per heavy atom. The normalized spacial score (nSPS) is 10.7. The van der Waals surface area contributed by atoms with Crippen LogP contribution in [0.3, 0.4) is 0 Å². The van der Waals surface area contributed by atoms with Gasteiger partial charge in [0, 0.05) is 7.05 Å². The molecule has 0 unspecified atom stereocenters. The second kappa shape index (κ2) is 5.08. The van der Waals surface area contributed by atoms with E-state index in [1.54, 1.807) is 10.7 Å². The van der Waals surface area contributed by atoms with Gasteiger partial charge in [0.1, 0.15) is 0 Å². The van der Waals surface area contributed by atoms with E-state index in [1.807, 2.05) is 26.1 Å². The van der Waals surface area contributed by atoms with Crippen LogP contribution >= 0.6 is 23.2 Å². The number of nitrogens with one attached hydrogen (secondary N) is 1. The van der Waals surface area contributed by atoms with Gasteiger partial charge >= 0.3 is 0 Å². The summed E-state index contributed by atoms with van der Waals surface area (Å²) in [5, 5.41) is 8.46. The van der Waals surface area contributed by atoms with E-state index < -0.39 is 0 Å². The van der Waals surface area contributed by atoms with Crippen molar-refractivity contribution in [2.75, 3.05) is 11.1 Å². The van der Waals surface area contributed by atoms with Gasteiger partial charge in [0.05, 0.1) is 27.1 Å². The predicted molar refractivity (Wildman–Crippen MR) is 76.7 cm³/mol. The molecule has 4 nitrogen and oxygen atoms in total. The molecule has 0 bridgehead atoms. The molecule has 3 N–H and O–H groups in total. The Bertz CT molecular complexity index is 578. The van der Waals surface area contributed by atoms with Gasteiger partial charge in [-0.1, -0.05) is 36.2 Å². The molecule has 6 heteroatoms. The van der Waals surface area contributed by atoms with Crippen LogP contribution < -0.4 is 11.1 Å². The quantitative estimate of drug-likeness (QED) is 0.905. The number of hydrogen-bond donors (Lipinski definition) is 2. The van der Waals surface area contributed by atoms with Crippen LogP contribution in [0.2, 0.25) is 10.0 Å². The molecular weight excluding hydrogens is 271 g/mol. The van der Waals surface area contributed by atoms with Crippen LogP contribution in [0.15, 0.2) is 18.2 Å². The van der Waals surface area contributed by atoms with Crippen molar-refractivity contribution < 1.29 is 0 Å². The topological polar surface area (TPSA) is 55.9 Å². The molecule has 0 spiro atoms. The third kappa shape index (κ3) is 2.26. The predicted octanol–water partition coefficient (Wildman–Crippen LogP) is 3.62. The molecule has 0 amide bonds. The minimum Gasteiger partial charge on any atom is -0.394 e. The van der Waals surface area contributed by atoms with Gasteiger partial charge in [0.2, 0.25) is 0 Å². The lowest BCUT2D eigenvalue weighted by molar-refractivity contribution is 0.753. The third-order valence-corrected chi connectivity index (χ3v) is 3.52. The number of nitrogens with two attached hydrogens (primary N) is 1.